The fraction of sp³-hybridized carbons (Fsp3) is 0.320. The number of halogens is 2. The summed E-state index contributed by atoms with van der Waals surface area (Å²) in [6.07, 6.45) is 5.67. The topological polar surface area (TPSA) is 148 Å². The third-order valence-corrected chi connectivity index (χ3v) is 6.31. The van der Waals surface area contributed by atoms with Gasteiger partial charge >= 0.3 is 0 Å². The van der Waals surface area contributed by atoms with Crippen molar-refractivity contribution in [1.29, 1.82) is 0 Å². The second-order valence-corrected chi connectivity index (χ2v) is 10.0. The number of rotatable bonds is 8. The average Bonchev–Trinajstić information content (AvgIpc) is 3.51. The molecule has 1 aromatic carbocycles. The molecule has 0 aliphatic rings. The monoisotopic (exact) mass is 544 g/mol. The quantitative estimate of drug-likeness (QED) is 0.305. The van der Waals surface area contributed by atoms with E-state index in [0.29, 0.717) is 11.1 Å². The number of nitrogens with one attached hydrogen (secondary N) is 1. The number of hydrogen-bond acceptors (Lipinski definition) is 8. The first-order valence-corrected chi connectivity index (χ1v) is 11.9. The molecule has 2 atom stereocenters. The zero-order valence-corrected chi connectivity index (χ0v) is 21.8. The number of nitrogens with zero attached hydrogens (tertiary/aromatic N) is 5. The number of amides is 1. The van der Waals surface area contributed by atoms with Crippen molar-refractivity contribution in [3.05, 3.63) is 86.9 Å². The molecule has 13 heteroatoms. The smallest absolute Gasteiger partial charge is 0.296 e. The van der Waals surface area contributed by atoms with Crippen molar-refractivity contribution in [2.75, 3.05) is 5.32 Å². The molecule has 0 aliphatic carbocycles. The molecule has 0 bridgehead atoms. The van der Waals surface area contributed by atoms with Crippen molar-refractivity contribution in [1.82, 2.24) is 24.5 Å². The summed E-state index contributed by atoms with van der Waals surface area (Å²) in [6, 6.07) is 3.94. The molecule has 3 aromatic heterocycles. The van der Waals surface area contributed by atoms with E-state index >= 15 is 0 Å². The van der Waals surface area contributed by atoms with E-state index in [1.807, 2.05) is 0 Å². The van der Waals surface area contributed by atoms with Crippen LogP contribution in [0.2, 0.25) is 5.02 Å². The van der Waals surface area contributed by atoms with Crippen molar-refractivity contribution in [3.63, 3.8) is 0 Å². The second kappa shape index (κ2) is 10.4. The summed E-state index contributed by atoms with van der Waals surface area (Å²) in [6.45, 7) is 5.20. The number of carbonyl (C=O) groups is 1. The van der Waals surface area contributed by atoms with E-state index in [1.54, 1.807) is 37.8 Å². The number of benzene rings is 1. The Morgan fingerprint density at radius 1 is 1.32 bits per heavy atom. The molecule has 0 radical (unpaired) electrons. The van der Waals surface area contributed by atoms with E-state index in [1.165, 1.54) is 37.7 Å². The minimum Gasteiger partial charge on any atom is -0.501 e. The van der Waals surface area contributed by atoms with Gasteiger partial charge in [0.2, 0.25) is 5.75 Å². The van der Waals surface area contributed by atoms with E-state index in [0.717, 1.165) is 4.57 Å². The molecule has 11 nitrogen and oxygen atoms in total. The number of anilines is 1. The van der Waals surface area contributed by atoms with Crippen LogP contribution < -0.4 is 10.9 Å². The molecule has 38 heavy (non-hydrogen) atoms. The van der Waals surface area contributed by atoms with Crippen molar-refractivity contribution < 1.29 is 23.9 Å². The largest absolute Gasteiger partial charge is 0.501 e. The van der Waals surface area contributed by atoms with E-state index in [2.05, 4.69) is 25.1 Å². The lowest BCUT2D eigenvalue weighted by molar-refractivity contribution is 0.0577. The number of aromatic nitrogens is 5. The van der Waals surface area contributed by atoms with Gasteiger partial charge in [-0.3, -0.25) is 18.8 Å². The maximum absolute atomic E-state index is 14.4. The molecule has 1 amide bonds. The Hall–Kier alpha value is -4.03. The summed E-state index contributed by atoms with van der Waals surface area (Å²) >= 11 is 6.50. The Labute approximate surface area is 221 Å². The van der Waals surface area contributed by atoms with Crippen LogP contribution in [0.5, 0.6) is 5.75 Å². The maximum atomic E-state index is 14.4. The fourth-order valence-electron chi connectivity index (χ4n) is 4.29. The number of aromatic hydroxyl groups is 1. The van der Waals surface area contributed by atoms with Crippen LogP contribution in [0.25, 0.3) is 0 Å². The van der Waals surface area contributed by atoms with Gasteiger partial charge in [-0.1, -0.05) is 23.7 Å². The molecule has 200 valence electrons. The molecule has 0 aliphatic heterocycles. The molecule has 4 rings (SSSR count). The molecular formula is C25H26ClFN6O5. The highest BCUT2D eigenvalue weighted by atomic mass is 35.5. The van der Waals surface area contributed by atoms with Gasteiger partial charge < -0.3 is 20.1 Å². The standard InChI is InChI=1S/C25H26ClFN6O5/c1-13(22-31-20(21(34)24(36)32(22)4)23(35)30-16-9-29-38-11-16)19(17-7-15(27)5-6-18(17)26)14-8-28-33(10-14)12-25(2,3)37/h5-11,13,19,34,37H,12H2,1-4H3,(H,30,35)/t13-,19+/m1/s1. The van der Waals surface area contributed by atoms with E-state index < -0.39 is 46.2 Å². The first-order valence-electron chi connectivity index (χ1n) is 11.6. The summed E-state index contributed by atoms with van der Waals surface area (Å²) in [5.41, 5.74) is -1.19. The zero-order chi connectivity index (χ0) is 27.8. The van der Waals surface area contributed by atoms with Crippen molar-refractivity contribution in [2.24, 2.45) is 7.05 Å². The Morgan fingerprint density at radius 3 is 2.71 bits per heavy atom. The number of carbonyl (C=O) groups excluding carboxylic acids is 1. The van der Waals surface area contributed by atoms with E-state index in [-0.39, 0.29) is 23.1 Å². The third-order valence-electron chi connectivity index (χ3n) is 5.97. The Balaban J connectivity index is 1.84. The Bertz CT molecular complexity index is 1530. The molecule has 0 unspecified atom stereocenters. The van der Waals surface area contributed by atoms with Gasteiger partial charge in [-0.15, -0.1) is 0 Å². The van der Waals surface area contributed by atoms with Crippen LogP contribution >= 0.6 is 11.6 Å². The predicted octanol–water partition coefficient (Wildman–Crippen LogP) is 3.42. The minimum absolute atomic E-state index is 0.129. The van der Waals surface area contributed by atoms with E-state index in [9.17, 15) is 24.2 Å². The zero-order valence-electron chi connectivity index (χ0n) is 21.0. The minimum atomic E-state index is -1.05. The molecule has 4 aromatic rings. The fourth-order valence-corrected chi connectivity index (χ4v) is 4.53. The maximum Gasteiger partial charge on any atom is 0.296 e. The van der Waals surface area contributed by atoms with E-state index in [4.69, 9.17) is 11.6 Å². The predicted molar refractivity (Wildman–Crippen MR) is 136 cm³/mol. The molecule has 3 heterocycles. The first kappa shape index (κ1) is 27.0. The first-order chi connectivity index (χ1) is 17.9. The molecular weight excluding hydrogens is 519 g/mol. The lowest BCUT2D eigenvalue weighted by atomic mass is 9.82. The van der Waals surface area contributed by atoms with Gasteiger partial charge in [-0.05, 0) is 43.2 Å². The Morgan fingerprint density at radius 2 is 2.05 bits per heavy atom. The molecule has 0 saturated heterocycles. The molecule has 3 N–H and O–H groups in total. The SMILES string of the molecule is C[C@@H](c1nc(C(=O)Nc2cnoc2)c(O)c(=O)n1C)[C@@H](c1cnn(CC(C)(C)O)c1)c1cc(F)ccc1Cl. The van der Waals surface area contributed by atoms with Crippen LogP contribution in [0.15, 0.2) is 52.4 Å². The number of aliphatic hydroxyl groups is 1. The van der Waals surface area contributed by atoms with Gasteiger partial charge in [-0.25, -0.2) is 9.37 Å². The molecule has 0 saturated carbocycles. The Kier molecular flexibility index (Phi) is 7.38. The summed E-state index contributed by atoms with van der Waals surface area (Å²) in [7, 11) is 1.41. The van der Waals surface area contributed by atoms with Crippen LogP contribution in [-0.2, 0) is 13.6 Å². The summed E-state index contributed by atoms with van der Waals surface area (Å²) in [4.78, 5) is 30.1. The van der Waals surface area contributed by atoms with Gasteiger partial charge in [0.15, 0.2) is 5.69 Å². The van der Waals surface area contributed by atoms with Crippen LogP contribution in [0, 0.1) is 5.82 Å². The van der Waals surface area contributed by atoms with Crippen molar-refractivity contribution in [3.8, 4) is 5.75 Å². The molecule has 0 spiro atoms. The van der Waals surface area contributed by atoms with Crippen LogP contribution in [0.1, 0.15) is 60.0 Å². The van der Waals surface area contributed by atoms with Crippen LogP contribution in [-0.4, -0.2) is 46.2 Å². The highest BCUT2D eigenvalue weighted by Gasteiger charge is 2.32. The highest BCUT2D eigenvalue weighted by Crippen LogP contribution is 2.41. The second-order valence-electron chi connectivity index (χ2n) is 9.61. The lowest BCUT2D eigenvalue weighted by Gasteiger charge is -2.26. The van der Waals surface area contributed by atoms with Gasteiger partial charge in [-0.2, -0.15) is 5.10 Å². The van der Waals surface area contributed by atoms with Crippen LogP contribution in [0.4, 0.5) is 10.1 Å². The average molecular weight is 545 g/mol. The summed E-state index contributed by atoms with van der Waals surface area (Å²) < 4.78 is 21.7. The van der Waals surface area contributed by atoms with Gasteiger partial charge in [0.1, 0.15) is 23.6 Å². The van der Waals surface area contributed by atoms with Crippen molar-refractivity contribution >= 4 is 23.2 Å². The summed E-state index contributed by atoms with van der Waals surface area (Å²) in [5, 5.41) is 31.2. The van der Waals surface area contributed by atoms with Gasteiger partial charge in [0.05, 0.1) is 24.5 Å². The summed E-state index contributed by atoms with van der Waals surface area (Å²) in [5.74, 6) is -3.43. The van der Waals surface area contributed by atoms with Crippen molar-refractivity contribution in [2.45, 2.75) is 44.8 Å². The van der Waals surface area contributed by atoms with Gasteiger partial charge in [0, 0.05) is 30.1 Å². The number of hydrogen-bond donors (Lipinski definition) is 3. The normalized spacial score (nSPS) is 13.3. The highest BCUT2D eigenvalue weighted by molar-refractivity contribution is 6.31. The van der Waals surface area contributed by atoms with Gasteiger partial charge in [0.25, 0.3) is 11.5 Å². The lowest BCUT2D eigenvalue weighted by Crippen LogP contribution is -2.29. The molecule has 0 fully saturated rings. The van der Waals surface area contributed by atoms with Crippen LogP contribution in [0.3, 0.4) is 0 Å². The third kappa shape index (κ3) is 5.60.